The highest BCUT2D eigenvalue weighted by molar-refractivity contribution is 5.95. The topological polar surface area (TPSA) is 96.1 Å². The Labute approximate surface area is 134 Å². The third-order valence-electron chi connectivity index (χ3n) is 3.22. The van der Waals surface area contributed by atoms with Gasteiger partial charge in [0.1, 0.15) is 11.4 Å². The Morgan fingerprint density at radius 3 is 2.74 bits per heavy atom. The summed E-state index contributed by atoms with van der Waals surface area (Å²) in [5.74, 6) is 0.606. The molecule has 0 fully saturated rings. The lowest BCUT2D eigenvalue weighted by atomic mass is 10.0. The molecule has 0 aliphatic rings. The first-order chi connectivity index (χ1) is 11.0. The minimum Gasteiger partial charge on any atom is -0.483 e. The standard InChI is InChI=1S/C16H20N4O3/c1-10(2)11-6-4-5-7-13(11)23-9-15(21)18-14-8-12(19-20-14)16(22)17-3/h4-8,10H,9H2,1-3H3,(H,17,22)(H2,18,19,20,21). The first-order valence-electron chi connectivity index (χ1n) is 7.30. The quantitative estimate of drug-likeness (QED) is 0.758. The number of aromatic amines is 1. The van der Waals surface area contributed by atoms with E-state index in [2.05, 4.69) is 34.7 Å². The van der Waals surface area contributed by atoms with Crippen LogP contribution in [0.15, 0.2) is 30.3 Å². The zero-order chi connectivity index (χ0) is 16.8. The van der Waals surface area contributed by atoms with Crippen molar-refractivity contribution in [2.24, 2.45) is 0 Å². The summed E-state index contributed by atoms with van der Waals surface area (Å²) >= 11 is 0. The van der Waals surface area contributed by atoms with E-state index in [9.17, 15) is 9.59 Å². The first-order valence-corrected chi connectivity index (χ1v) is 7.30. The Morgan fingerprint density at radius 2 is 2.04 bits per heavy atom. The molecule has 0 radical (unpaired) electrons. The molecule has 0 aliphatic carbocycles. The van der Waals surface area contributed by atoms with Crippen LogP contribution in [-0.2, 0) is 4.79 Å². The van der Waals surface area contributed by atoms with Crippen molar-refractivity contribution in [3.05, 3.63) is 41.6 Å². The first kappa shape index (κ1) is 16.5. The average molecular weight is 316 g/mol. The number of para-hydroxylation sites is 1. The molecule has 0 bridgehead atoms. The summed E-state index contributed by atoms with van der Waals surface area (Å²) in [6.07, 6.45) is 0. The molecule has 122 valence electrons. The van der Waals surface area contributed by atoms with Crippen LogP contribution in [0.3, 0.4) is 0 Å². The minimum absolute atomic E-state index is 0.133. The highest BCUT2D eigenvalue weighted by atomic mass is 16.5. The number of anilines is 1. The van der Waals surface area contributed by atoms with Gasteiger partial charge in [0.05, 0.1) is 0 Å². The molecule has 2 rings (SSSR count). The van der Waals surface area contributed by atoms with Gasteiger partial charge >= 0.3 is 0 Å². The molecular weight excluding hydrogens is 296 g/mol. The van der Waals surface area contributed by atoms with E-state index in [1.54, 1.807) is 0 Å². The van der Waals surface area contributed by atoms with Crippen molar-refractivity contribution in [2.75, 3.05) is 19.0 Å². The van der Waals surface area contributed by atoms with Gasteiger partial charge < -0.3 is 15.4 Å². The number of hydrogen-bond donors (Lipinski definition) is 3. The number of nitrogens with zero attached hydrogens (tertiary/aromatic N) is 1. The van der Waals surface area contributed by atoms with Crippen LogP contribution in [0, 0.1) is 0 Å². The second-order valence-corrected chi connectivity index (χ2v) is 5.28. The van der Waals surface area contributed by atoms with Crippen molar-refractivity contribution in [1.29, 1.82) is 0 Å². The second-order valence-electron chi connectivity index (χ2n) is 5.28. The Balaban J connectivity index is 1.93. The van der Waals surface area contributed by atoms with E-state index < -0.39 is 0 Å². The van der Waals surface area contributed by atoms with Gasteiger partial charge in [-0.3, -0.25) is 14.7 Å². The number of amides is 2. The fourth-order valence-electron chi connectivity index (χ4n) is 2.05. The van der Waals surface area contributed by atoms with Crippen LogP contribution < -0.4 is 15.4 Å². The number of carbonyl (C=O) groups is 2. The maximum Gasteiger partial charge on any atom is 0.269 e. The molecule has 0 saturated heterocycles. The third kappa shape index (κ3) is 4.32. The van der Waals surface area contributed by atoms with E-state index in [-0.39, 0.29) is 29.9 Å². The van der Waals surface area contributed by atoms with Gasteiger partial charge in [0.25, 0.3) is 11.8 Å². The molecule has 7 nitrogen and oxygen atoms in total. The zero-order valence-corrected chi connectivity index (χ0v) is 13.3. The number of rotatable bonds is 6. The van der Waals surface area contributed by atoms with Gasteiger partial charge in [-0.05, 0) is 17.5 Å². The van der Waals surface area contributed by atoms with Crippen LogP contribution in [-0.4, -0.2) is 35.7 Å². The average Bonchev–Trinajstić information content (AvgIpc) is 3.00. The summed E-state index contributed by atoms with van der Waals surface area (Å²) in [6.45, 7) is 3.99. The molecule has 0 atom stereocenters. The van der Waals surface area contributed by atoms with Crippen molar-refractivity contribution < 1.29 is 14.3 Å². The van der Waals surface area contributed by atoms with E-state index in [0.717, 1.165) is 5.56 Å². The van der Waals surface area contributed by atoms with E-state index in [0.29, 0.717) is 11.7 Å². The number of benzene rings is 1. The van der Waals surface area contributed by atoms with Crippen LogP contribution in [0.4, 0.5) is 5.82 Å². The van der Waals surface area contributed by atoms with Crippen molar-refractivity contribution in [1.82, 2.24) is 15.5 Å². The van der Waals surface area contributed by atoms with Crippen molar-refractivity contribution >= 4 is 17.6 Å². The van der Waals surface area contributed by atoms with Gasteiger partial charge in [-0.1, -0.05) is 32.0 Å². The summed E-state index contributed by atoms with van der Waals surface area (Å²) < 4.78 is 5.58. The minimum atomic E-state index is -0.349. The lowest BCUT2D eigenvalue weighted by Crippen LogP contribution is -2.21. The molecule has 0 saturated carbocycles. The lowest BCUT2D eigenvalue weighted by molar-refractivity contribution is -0.118. The number of H-pyrrole nitrogens is 1. The lowest BCUT2D eigenvalue weighted by Gasteiger charge is -2.13. The van der Waals surface area contributed by atoms with Crippen LogP contribution in [0.25, 0.3) is 0 Å². The monoisotopic (exact) mass is 316 g/mol. The van der Waals surface area contributed by atoms with Crippen molar-refractivity contribution in [2.45, 2.75) is 19.8 Å². The number of nitrogens with one attached hydrogen (secondary N) is 3. The fourth-order valence-corrected chi connectivity index (χ4v) is 2.05. The summed E-state index contributed by atoms with van der Waals surface area (Å²) in [6, 6.07) is 9.07. The molecule has 23 heavy (non-hydrogen) atoms. The number of aromatic nitrogens is 2. The van der Waals surface area contributed by atoms with Crippen molar-refractivity contribution in [3.63, 3.8) is 0 Å². The molecule has 1 aromatic carbocycles. The molecule has 1 aromatic heterocycles. The largest absolute Gasteiger partial charge is 0.483 e. The van der Waals surface area contributed by atoms with Crippen LogP contribution >= 0.6 is 0 Å². The molecular formula is C16H20N4O3. The summed E-state index contributed by atoms with van der Waals surface area (Å²) in [4.78, 5) is 23.3. The number of ether oxygens (including phenoxy) is 1. The second kappa shape index (κ2) is 7.44. The Bertz CT molecular complexity index is 694. The van der Waals surface area contributed by atoms with Crippen LogP contribution in [0.5, 0.6) is 5.75 Å². The highest BCUT2D eigenvalue weighted by Crippen LogP contribution is 2.25. The molecule has 2 amide bonds. The Kier molecular flexibility index (Phi) is 5.35. The van der Waals surface area contributed by atoms with Gasteiger partial charge in [-0.15, -0.1) is 0 Å². The SMILES string of the molecule is CNC(=O)c1cc(NC(=O)COc2ccccc2C(C)C)n[nH]1. The molecule has 3 N–H and O–H groups in total. The van der Waals surface area contributed by atoms with E-state index in [1.807, 2.05) is 24.3 Å². The molecule has 0 spiro atoms. The van der Waals surface area contributed by atoms with Crippen LogP contribution in [0.1, 0.15) is 35.8 Å². The van der Waals surface area contributed by atoms with Crippen molar-refractivity contribution in [3.8, 4) is 5.75 Å². The fraction of sp³-hybridized carbons (Fsp3) is 0.312. The van der Waals surface area contributed by atoms with Gasteiger partial charge in [-0.25, -0.2) is 0 Å². The molecule has 0 unspecified atom stereocenters. The smallest absolute Gasteiger partial charge is 0.269 e. The number of hydrogen-bond acceptors (Lipinski definition) is 4. The molecule has 1 heterocycles. The summed E-state index contributed by atoms with van der Waals surface area (Å²) in [5.41, 5.74) is 1.32. The summed E-state index contributed by atoms with van der Waals surface area (Å²) in [5, 5.41) is 11.4. The van der Waals surface area contributed by atoms with Gasteiger partial charge in [0, 0.05) is 13.1 Å². The highest BCUT2D eigenvalue weighted by Gasteiger charge is 2.12. The third-order valence-corrected chi connectivity index (χ3v) is 3.22. The Morgan fingerprint density at radius 1 is 1.30 bits per heavy atom. The molecule has 0 aliphatic heterocycles. The van der Waals surface area contributed by atoms with E-state index in [1.165, 1.54) is 13.1 Å². The van der Waals surface area contributed by atoms with E-state index in [4.69, 9.17) is 4.74 Å². The normalized spacial score (nSPS) is 10.4. The maximum absolute atomic E-state index is 11.9. The Hall–Kier alpha value is -2.83. The van der Waals surface area contributed by atoms with Gasteiger partial charge in [0.15, 0.2) is 12.4 Å². The maximum atomic E-state index is 11.9. The summed E-state index contributed by atoms with van der Waals surface area (Å²) in [7, 11) is 1.52. The van der Waals surface area contributed by atoms with Crippen LogP contribution in [0.2, 0.25) is 0 Å². The zero-order valence-electron chi connectivity index (χ0n) is 13.3. The predicted octanol–water partition coefficient (Wildman–Crippen LogP) is 1.91. The van der Waals surface area contributed by atoms with E-state index >= 15 is 0 Å². The molecule has 2 aromatic rings. The van der Waals surface area contributed by atoms with Gasteiger partial charge in [0.2, 0.25) is 0 Å². The number of carbonyl (C=O) groups excluding carboxylic acids is 2. The van der Waals surface area contributed by atoms with Gasteiger partial charge in [-0.2, -0.15) is 5.10 Å². The predicted molar refractivity (Wildman–Crippen MR) is 86.6 cm³/mol. The molecule has 7 heteroatoms.